The van der Waals surface area contributed by atoms with Crippen LogP contribution in [0.5, 0.6) is 0 Å². The van der Waals surface area contributed by atoms with Gasteiger partial charge in [0, 0.05) is 20.1 Å². The van der Waals surface area contributed by atoms with Crippen LogP contribution in [0.15, 0.2) is 0 Å². The number of nitrogens with zero attached hydrogens (tertiary/aromatic N) is 2. The second-order valence-electron chi connectivity index (χ2n) is 5.48. The third kappa shape index (κ3) is 3.59. The fourth-order valence-corrected chi connectivity index (χ4v) is 2.64. The molecule has 1 aliphatic carbocycles. The largest absolute Gasteiger partial charge is 0.481 e. The Morgan fingerprint density at radius 3 is 2.74 bits per heavy atom. The molecule has 0 aromatic heterocycles. The van der Waals surface area contributed by atoms with E-state index >= 15 is 0 Å². The van der Waals surface area contributed by atoms with Crippen molar-refractivity contribution >= 4 is 12.0 Å². The highest BCUT2D eigenvalue weighted by Gasteiger charge is 2.32. The molecule has 1 N–H and O–H groups in total. The van der Waals surface area contributed by atoms with Gasteiger partial charge in [0.25, 0.3) is 0 Å². The topological polar surface area (TPSA) is 70.1 Å². The number of morpholine rings is 1. The van der Waals surface area contributed by atoms with Crippen LogP contribution in [0.4, 0.5) is 4.79 Å². The quantitative estimate of drug-likeness (QED) is 0.828. The average molecular weight is 270 g/mol. The number of carboxylic acids is 1. The Morgan fingerprint density at radius 2 is 2.16 bits per heavy atom. The molecule has 1 heterocycles. The summed E-state index contributed by atoms with van der Waals surface area (Å²) in [6.45, 7) is 2.05. The number of rotatable bonds is 4. The van der Waals surface area contributed by atoms with E-state index in [1.165, 1.54) is 19.3 Å². The Kier molecular flexibility index (Phi) is 4.63. The van der Waals surface area contributed by atoms with Crippen molar-refractivity contribution in [3.8, 4) is 0 Å². The number of hydrogen-bond acceptors (Lipinski definition) is 3. The van der Waals surface area contributed by atoms with Crippen LogP contribution in [-0.4, -0.2) is 66.3 Å². The Balaban J connectivity index is 1.91. The molecule has 0 radical (unpaired) electrons. The lowest BCUT2D eigenvalue weighted by Crippen LogP contribution is -2.54. The van der Waals surface area contributed by atoms with Crippen LogP contribution in [0.2, 0.25) is 0 Å². The summed E-state index contributed by atoms with van der Waals surface area (Å²) < 4.78 is 5.28. The Bertz CT molecular complexity index is 344. The van der Waals surface area contributed by atoms with E-state index in [1.807, 2.05) is 0 Å². The Labute approximate surface area is 113 Å². The minimum Gasteiger partial charge on any atom is -0.481 e. The maximum atomic E-state index is 12.4. The van der Waals surface area contributed by atoms with Crippen molar-refractivity contribution in [2.45, 2.75) is 31.7 Å². The van der Waals surface area contributed by atoms with Crippen molar-refractivity contribution in [2.24, 2.45) is 5.92 Å². The standard InChI is InChI=1S/C13H22N2O4/c1-14(8-10-3-2-4-10)13(18)15-5-6-19-9-11(15)7-12(16)17/h10-11H,2-9H2,1H3,(H,16,17). The molecule has 108 valence electrons. The zero-order valence-electron chi connectivity index (χ0n) is 11.4. The van der Waals surface area contributed by atoms with Crippen LogP contribution in [0.1, 0.15) is 25.7 Å². The Morgan fingerprint density at radius 1 is 1.42 bits per heavy atom. The van der Waals surface area contributed by atoms with E-state index in [-0.39, 0.29) is 18.5 Å². The third-order valence-corrected chi connectivity index (χ3v) is 3.97. The highest BCUT2D eigenvalue weighted by Crippen LogP contribution is 2.27. The van der Waals surface area contributed by atoms with Crippen LogP contribution >= 0.6 is 0 Å². The van der Waals surface area contributed by atoms with Crippen molar-refractivity contribution in [1.29, 1.82) is 0 Å². The second-order valence-corrected chi connectivity index (χ2v) is 5.48. The molecule has 0 aromatic carbocycles. The molecule has 2 fully saturated rings. The molecule has 2 rings (SSSR count). The summed E-state index contributed by atoms with van der Waals surface area (Å²) in [7, 11) is 1.80. The number of hydrogen-bond donors (Lipinski definition) is 1. The summed E-state index contributed by atoms with van der Waals surface area (Å²) in [6, 6.07) is -0.413. The van der Waals surface area contributed by atoms with Crippen molar-refractivity contribution in [2.75, 3.05) is 33.4 Å². The van der Waals surface area contributed by atoms with Gasteiger partial charge in [-0.05, 0) is 18.8 Å². The first-order valence-corrected chi connectivity index (χ1v) is 6.89. The number of carboxylic acid groups (broad SMARTS) is 1. The average Bonchev–Trinajstić information content (AvgIpc) is 2.32. The second kappa shape index (κ2) is 6.23. The monoisotopic (exact) mass is 270 g/mol. The summed E-state index contributed by atoms with van der Waals surface area (Å²) in [4.78, 5) is 26.6. The fourth-order valence-electron chi connectivity index (χ4n) is 2.64. The molecule has 0 spiro atoms. The third-order valence-electron chi connectivity index (χ3n) is 3.97. The van der Waals surface area contributed by atoms with Crippen LogP contribution in [0, 0.1) is 5.92 Å². The van der Waals surface area contributed by atoms with Gasteiger partial charge in [-0.2, -0.15) is 0 Å². The highest BCUT2D eigenvalue weighted by atomic mass is 16.5. The number of amides is 2. The van der Waals surface area contributed by atoms with Gasteiger partial charge in [0.05, 0.1) is 25.7 Å². The van der Waals surface area contributed by atoms with Crippen LogP contribution in [0.3, 0.4) is 0 Å². The molecule has 1 saturated carbocycles. The summed E-state index contributed by atoms with van der Waals surface area (Å²) in [5.74, 6) is -0.275. The molecule has 1 saturated heterocycles. The molecule has 2 amide bonds. The van der Waals surface area contributed by atoms with Gasteiger partial charge in [0.1, 0.15) is 0 Å². The fraction of sp³-hybridized carbons (Fsp3) is 0.846. The van der Waals surface area contributed by atoms with E-state index in [0.29, 0.717) is 25.7 Å². The van der Waals surface area contributed by atoms with Gasteiger partial charge < -0.3 is 19.6 Å². The lowest BCUT2D eigenvalue weighted by Gasteiger charge is -2.39. The molecule has 0 bridgehead atoms. The number of urea groups is 1. The van der Waals surface area contributed by atoms with Gasteiger partial charge in [0.15, 0.2) is 0 Å². The van der Waals surface area contributed by atoms with E-state index in [2.05, 4.69) is 0 Å². The molecule has 2 aliphatic rings. The number of ether oxygens (including phenoxy) is 1. The van der Waals surface area contributed by atoms with E-state index in [4.69, 9.17) is 9.84 Å². The molecular formula is C13H22N2O4. The van der Waals surface area contributed by atoms with Crippen LogP contribution < -0.4 is 0 Å². The predicted molar refractivity (Wildman–Crippen MR) is 68.9 cm³/mol. The maximum absolute atomic E-state index is 12.4. The lowest BCUT2D eigenvalue weighted by molar-refractivity contribution is -0.139. The first-order chi connectivity index (χ1) is 9.08. The van der Waals surface area contributed by atoms with E-state index in [1.54, 1.807) is 16.8 Å². The molecule has 1 aliphatic heterocycles. The predicted octanol–water partition coefficient (Wildman–Crippen LogP) is 1.01. The SMILES string of the molecule is CN(CC1CCC1)C(=O)N1CCOCC1CC(=O)O. The number of carbonyl (C=O) groups excluding carboxylic acids is 1. The lowest BCUT2D eigenvalue weighted by atomic mass is 9.85. The molecule has 6 heteroatoms. The smallest absolute Gasteiger partial charge is 0.320 e. The van der Waals surface area contributed by atoms with Gasteiger partial charge in [-0.15, -0.1) is 0 Å². The maximum Gasteiger partial charge on any atom is 0.320 e. The van der Waals surface area contributed by atoms with Gasteiger partial charge in [-0.25, -0.2) is 4.79 Å². The summed E-state index contributed by atoms with van der Waals surface area (Å²) in [5, 5.41) is 8.89. The summed E-state index contributed by atoms with van der Waals surface area (Å²) in [6.07, 6.45) is 3.59. The van der Waals surface area contributed by atoms with E-state index in [9.17, 15) is 9.59 Å². The first-order valence-electron chi connectivity index (χ1n) is 6.89. The molecule has 0 aromatic rings. The molecule has 19 heavy (non-hydrogen) atoms. The molecular weight excluding hydrogens is 248 g/mol. The van der Waals surface area contributed by atoms with Crippen molar-refractivity contribution in [3.05, 3.63) is 0 Å². The first kappa shape index (κ1) is 14.1. The molecule has 6 nitrogen and oxygen atoms in total. The normalized spacial score (nSPS) is 23.8. The van der Waals surface area contributed by atoms with Crippen molar-refractivity contribution in [3.63, 3.8) is 0 Å². The van der Waals surface area contributed by atoms with Gasteiger partial charge in [0.2, 0.25) is 0 Å². The Hall–Kier alpha value is -1.30. The van der Waals surface area contributed by atoms with Gasteiger partial charge in [-0.3, -0.25) is 4.79 Å². The summed E-state index contributed by atoms with van der Waals surface area (Å²) >= 11 is 0. The van der Waals surface area contributed by atoms with Crippen molar-refractivity contribution < 1.29 is 19.4 Å². The van der Waals surface area contributed by atoms with Gasteiger partial charge >= 0.3 is 12.0 Å². The molecule has 1 unspecified atom stereocenters. The minimum atomic E-state index is -0.894. The zero-order valence-corrected chi connectivity index (χ0v) is 11.4. The summed E-state index contributed by atoms with van der Waals surface area (Å²) in [5.41, 5.74) is 0. The van der Waals surface area contributed by atoms with Crippen molar-refractivity contribution in [1.82, 2.24) is 9.80 Å². The van der Waals surface area contributed by atoms with E-state index < -0.39 is 5.97 Å². The van der Waals surface area contributed by atoms with Gasteiger partial charge in [-0.1, -0.05) is 6.42 Å². The minimum absolute atomic E-state index is 0.0526. The van der Waals surface area contributed by atoms with E-state index in [0.717, 1.165) is 6.54 Å². The number of aliphatic carboxylic acids is 1. The molecule has 1 atom stereocenters. The van der Waals surface area contributed by atoms with Crippen LogP contribution in [-0.2, 0) is 9.53 Å². The van der Waals surface area contributed by atoms with Crippen LogP contribution in [0.25, 0.3) is 0 Å². The highest BCUT2D eigenvalue weighted by molar-refractivity contribution is 5.76. The zero-order chi connectivity index (χ0) is 13.8. The number of carbonyl (C=O) groups is 2.